The van der Waals surface area contributed by atoms with E-state index in [2.05, 4.69) is 51.0 Å². The van der Waals surface area contributed by atoms with Gasteiger partial charge >= 0.3 is 0 Å². The van der Waals surface area contributed by atoms with Crippen LogP contribution >= 0.6 is 11.8 Å². The fraction of sp³-hybridized carbons (Fsp3) is 0.625. The molecule has 2 aliphatic rings. The summed E-state index contributed by atoms with van der Waals surface area (Å²) in [6.45, 7) is 9.17. The van der Waals surface area contributed by atoms with E-state index in [9.17, 15) is 4.79 Å². The van der Waals surface area contributed by atoms with Gasteiger partial charge in [0.25, 0.3) is 0 Å². The van der Waals surface area contributed by atoms with E-state index in [0.29, 0.717) is 5.75 Å². The summed E-state index contributed by atoms with van der Waals surface area (Å²) < 4.78 is 7.66. The van der Waals surface area contributed by atoms with Crippen LogP contribution < -0.4 is 5.32 Å². The zero-order chi connectivity index (χ0) is 22.4. The molecule has 0 spiro atoms. The van der Waals surface area contributed by atoms with Crippen LogP contribution in [0.15, 0.2) is 29.4 Å². The van der Waals surface area contributed by atoms with Gasteiger partial charge in [-0.25, -0.2) is 0 Å². The molecule has 0 radical (unpaired) electrons. The third kappa shape index (κ3) is 5.18. The van der Waals surface area contributed by atoms with Gasteiger partial charge in [0.2, 0.25) is 5.91 Å². The van der Waals surface area contributed by atoms with Crippen LogP contribution in [0.1, 0.15) is 44.6 Å². The second kappa shape index (κ2) is 10.8. The standard InChI is InChI=1S/C24H35N5O2S/c1-3-29-22(20-10-6-5-9-19(20)2)26-27-23(29)32-17-21(30)25-18-24(11-7-4-8-12-24)28-13-15-31-16-14-28/h5-6,9-10H,3-4,7-8,11-18H2,1-2H3,(H,25,30). The minimum atomic E-state index is 0.0660. The molecule has 7 nitrogen and oxygen atoms in total. The highest BCUT2D eigenvalue weighted by Crippen LogP contribution is 2.34. The van der Waals surface area contributed by atoms with Crippen LogP contribution in [0.4, 0.5) is 0 Å². The second-order valence-corrected chi connectivity index (χ2v) is 9.76. The Labute approximate surface area is 195 Å². The van der Waals surface area contributed by atoms with Gasteiger partial charge in [0, 0.05) is 37.3 Å². The summed E-state index contributed by atoms with van der Waals surface area (Å²) >= 11 is 1.47. The largest absolute Gasteiger partial charge is 0.379 e. The SMILES string of the molecule is CCn1c(SCC(=O)NCC2(N3CCOCC3)CCCCC2)nnc1-c1ccccc1C. The normalized spacial score (nSPS) is 19.1. The number of aryl methyl sites for hydroxylation is 1. The highest BCUT2D eigenvalue weighted by molar-refractivity contribution is 7.99. The van der Waals surface area contributed by atoms with Crippen molar-refractivity contribution in [2.24, 2.45) is 0 Å². The van der Waals surface area contributed by atoms with E-state index < -0.39 is 0 Å². The Hall–Kier alpha value is -1.90. The summed E-state index contributed by atoms with van der Waals surface area (Å²) in [6.07, 6.45) is 6.09. The van der Waals surface area contributed by atoms with Gasteiger partial charge in [0.15, 0.2) is 11.0 Å². The van der Waals surface area contributed by atoms with Crippen molar-refractivity contribution in [1.82, 2.24) is 25.0 Å². The average Bonchev–Trinajstić information content (AvgIpc) is 3.25. The number of ether oxygens (including phenoxy) is 1. The third-order valence-corrected chi connectivity index (χ3v) is 7.80. The quantitative estimate of drug-likeness (QED) is 0.612. The Morgan fingerprint density at radius 1 is 1.16 bits per heavy atom. The monoisotopic (exact) mass is 457 g/mol. The molecule has 1 saturated carbocycles. The van der Waals surface area contributed by atoms with Gasteiger partial charge in [-0.2, -0.15) is 0 Å². The number of nitrogens with zero attached hydrogens (tertiary/aromatic N) is 4. The summed E-state index contributed by atoms with van der Waals surface area (Å²) in [7, 11) is 0. The van der Waals surface area contributed by atoms with Gasteiger partial charge in [-0.15, -0.1) is 10.2 Å². The van der Waals surface area contributed by atoms with Crippen LogP contribution in [0.25, 0.3) is 11.4 Å². The van der Waals surface area contributed by atoms with E-state index in [-0.39, 0.29) is 11.4 Å². The number of benzene rings is 1. The fourth-order valence-electron chi connectivity index (χ4n) is 5.00. The molecule has 2 fully saturated rings. The minimum absolute atomic E-state index is 0.0660. The maximum absolute atomic E-state index is 12.8. The summed E-state index contributed by atoms with van der Waals surface area (Å²) in [5, 5.41) is 12.9. The van der Waals surface area contributed by atoms with Crippen molar-refractivity contribution in [1.29, 1.82) is 0 Å². The molecular formula is C24H35N5O2S. The maximum Gasteiger partial charge on any atom is 0.230 e. The van der Waals surface area contributed by atoms with E-state index in [0.717, 1.165) is 68.8 Å². The summed E-state index contributed by atoms with van der Waals surface area (Å²) in [5.41, 5.74) is 2.34. The Balaban J connectivity index is 1.37. The fourth-order valence-corrected chi connectivity index (χ4v) is 5.83. The zero-order valence-electron chi connectivity index (χ0n) is 19.3. The summed E-state index contributed by atoms with van der Waals surface area (Å²) in [5.74, 6) is 1.28. The molecule has 0 unspecified atom stereocenters. The smallest absolute Gasteiger partial charge is 0.230 e. The van der Waals surface area contributed by atoms with Crippen molar-refractivity contribution in [2.45, 2.75) is 63.2 Å². The number of morpholine rings is 1. The lowest BCUT2D eigenvalue weighted by Gasteiger charge is -2.48. The van der Waals surface area contributed by atoms with Crippen LogP contribution in [0.5, 0.6) is 0 Å². The lowest BCUT2D eigenvalue weighted by Crippen LogP contribution is -2.59. The second-order valence-electron chi connectivity index (χ2n) is 8.82. The van der Waals surface area contributed by atoms with Crippen molar-refractivity contribution >= 4 is 17.7 Å². The highest BCUT2D eigenvalue weighted by atomic mass is 32.2. The summed E-state index contributed by atoms with van der Waals surface area (Å²) in [6, 6.07) is 8.20. The topological polar surface area (TPSA) is 72.3 Å². The molecule has 32 heavy (non-hydrogen) atoms. The van der Waals surface area contributed by atoms with Crippen molar-refractivity contribution in [3.63, 3.8) is 0 Å². The Kier molecular flexibility index (Phi) is 7.86. The van der Waals surface area contributed by atoms with Gasteiger partial charge in [-0.05, 0) is 32.3 Å². The van der Waals surface area contributed by atoms with Crippen LogP contribution in [-0.2, 0) is 16.1 Å². The van der Waals surface area contributed by atoms with E-state index in [1.54, 1.807) is 0 Å². The van der Waals surface area contributed by atoms with Crippen LogP contribution in [0.3, 0.4) is 0 Å². The van der Waals surface area contributed by atoms with E-state index in [4.69, 9.17) is 4.74 Å². The molecule has 174 valence electrons. The van der Waals surface area contributed by atoms with E-state index in [1.807, 2.05) is 12.1 Å². The lowest BCUT2D eigenvalue weighted by atomic mass is 9.79. The highest BCUT2D eigenvalue weighted by Gasteiger charge is 2.38. The first-order valence-corrected chi connectivity index (χ1v) is 12.8. The van der Waals surface area contributed by atoms with Gasteiger partial charge < -0.3 is 14.6 Å². The Morgan fingerprint density at radius 2 is 1.91 bits per heavy atom. The average molecular weight is 458 g/mol. The Bertz CT molecular complexity index is 904. The van der Waals surface area contributed by atoms with Crippen molar-refractivity contribution in [2.75, 3.05) is 38.6 Å². The lowest BCUT2D eigenvalue weighted by molar-refractivity contribution is -0.119. The predicted octanol–water partition coefficient (Wildman–Crippen LogP) is 3.52. The predicted molar refractivity (Wildman–Crippen MR) is 128 cm³/mol. The first-order valence-electron chi connectivity index (χ1n) is 11.8. The summed E-state index contributed by atoms with van der Waals surface area (Å²) in [4.78, 5) is 15.3. The molecular weight excluding hydrogens is 422 g/mol. The zero-order valence-corrected chi connectivity index (χ0v) is 20.1. The molecule has 1 aromatic carbocycles. The minimum Gasteiger partial charge on any atom is -0.379 e. The maximum atomic E-state index is 12.8. The molecule has 1 N–H and O–H groups in total. The molecule has 2 heterocycles. The number of nitrogens with one attached hydrogen (secondary N) is 1. The van der Waals surface area contributed by atoms with Gasteiger partial charge in [-0.3, -0.25) is 9.69 Å². The van der Waals surface area contributed by atoms with Crippen molar-refractivity contribution in [3.8, 4) is 11.4 Å². The molecule has 1 amide bonds. The molecule has 1 aliphatic heterocycles. The third-order valence-electron chi connectivity index (χ3n) is 6.83. The van der Waals surface area contributed by atoms with Crippen molar-refractivity contribution in [3.05, 3.63) is 29.8 Å². The number of carbonyl (C=O) groups excluding carboxylic acids is 1. The molecule has 0 atom stereocenters. The first kappa shape index (κ1) is 23.3. The van der Waals surface area contributed by atoms with Gasteiger partial charge in [0.05, 0.1) is 19.0 Å². The molecule has 2 aromatic rings. The van der Waals surface area contributed by atoms with Gasteiger partial charge in [-0.1, -0.05) is 55.3 Å². The van der Waals surface area contributed by atoms with E-state index in [1.165, 1.54) is 36.6 Å². The molecule has 0 bridgehead atoms. The Morgan fingerprint density at radius 3 is 2.62 bits per heavy atom. The number of rotatable bonds is 8. The number of carbonyl (C=O) groups is 1. The number of amides is 1. The van der Waals surface area contributed by atoms with E-state index >= 15 is 0 Å². The number of hydrogen-bond donors (Lipinski definition) is 1. The molecule has 4 rings (SSSR count). The van der Waals surface area contributed by atoms with Crippen LogP contribution in [0.2, 0.25) is 0 Å². The van der Waals surface area contributed by atoms with Gasteiger partial charge in [0.1, 0.15) is 0 Å². The number of thioether (sulfide) groups is 1. The van der Waals surface area contributed by atoms with Crippen LogP contribution in [-0.4, -0.2) is 69.7 Å². The number of aromatic nitrogens is 3. The number of hydrogen-bond acceptors (Lipinski definition) is 6. The molecule has 8 heteroatoms. The molecule has 1 aliphatic carbocycles. The van der Waals surface area contributed by atoms with Crippen molar-refractivity contribution < 1.29 is 9.53 Å². The molecule has 1 aromatic heterocycles. The van der Waals surface area contributed by atoms with Crippen LogP contribution in [0, 0.1) is 6.92 Å². The molecule has 1 saturated heterocycles. The first-order chi connectivity index (χ1) is 15.6.